The second-order valence-corrected chi connectivity index (χ2v) is 8.00. The quantitative estimate of drug-likeness (QED) is 0.362. The molecule has 0 heterocycles. The predicted molar refractivity (Wildman–Crippen MR) is 124 cm³/mol. The molecule has 2 aromatic rings. The maximum atomic E-state index is 12.6. The summed E-state index contributed by atoms with van der Waals surface area (Å²) in [6.07, 6.45) is 5.37. The lowest BCUT2D eigenvalue weighted by molar-refractivity contribution is -0.00187. The van der Waals surface area contributed by atoms with Crippen LogP contribution in [0, 0.1) is 0 Å². The maximum absolute atomic E-state index is 12.6. The first-order valence-corrected chi connectivity index (χ1v) is 11.6. The Kier molecular flexibility index (Phi) is 10.3. The van der Waals surface area contributed by atoms with Crippen LogP contribution < -0.4 is 0 Å². The molecule has 2 unspecified atom stereocenters. The van der Waals surface area contributed by atoms with Gasteiger partial charge in [0, 0.05) is 6.42 Å². The molecule has 0 N–H and O–H groups in total. The smallest absolute Gasteiger partial charge is 0.338 e. The predicted octanol–water partition coefficient (Wildman–Crippen LogP) is 6.55. The van der Waals surface area contributed by atoms with Crippen molar-refractivity contribution in [3.63, 3.8) is 0 Å². The highest BCUT2D eigenvalue weighted by atomic mass is 16.6. The van der Waals surface area contributed by atoms with E-state index < -0.39 is 0 Å². The van der Waals surface area contributed by atoms with Gasteiger partial charge in [0.1, 0.15) is 12.2 Å². The third-order valence-corrected chi connectivity index (χ3v) is 5.44. The number of aryl methyl sites for hydroxylation is 2. The molecule has 2 aromatic carbocycles. The van der Waals surface area contributed by atoms with Crippen LogP contribution in [0.1, 0.15) is 91.6 Å². The van der Waals surface area contributed by atoms with Crippen molar-refractivity contribution in [1.29, 1.82) is 0 Å². The van der Waals surface area contributed by atoms with Crippen LogP contribution in [0.25, 0.3) is 0 Å². The monoisotopic (exact) mass is 424 g/mol. The Balaban J connectivity index is 1.93. The lowest BCUT2D eigenvalue weighted by Crippen LogP contribution is -2.27. The Hall–Kier alpha value is -2.62. The topological polar surface area (TPSA) is 52.6 Å². The van der Waals surface area contributed by atoms with Crippen molar-refractivity contribution >= 4 is 11.9 Å². The number of ether oxygens (including phenoxy) is 2. The average Bonchev–Trinajstić information content (AvgIpc) is 2.79. The summed E-state index contributed by atoms with van der Waals surface area (Å²) in [6.45, 7) is 8.21. The summed E-state index contributed by atoms with van der Waals surface area (Å²) < 4.78 is 11.4. The number of rotatable bonds is 12. The second kappa shape index (κ2) is 12.9. The molecule has 4 nitrogen and oxygen atoms in total. The van der Waals surface area contributed by atoms with E-state index >= 15 is 0 Å². The van der Waals surface area contributed by atoms with Gasteiger partial charge in [-0.15, -0.1) is 0 Å². The molecule has 4 heteroatoms. The first-order chi connectivity index (χ1) is 15.0. The van der Waals surface area contributed by atoms with Crippen LogP contribution >= 0.6 is 0 Å². The molecule has 0 aliphatic carbocycles. The first-order valence-electron chi connectivity index (χ1n) is 11.6. The highest BCUT2D eigenvalue weighted by Gasteiger charge is 2.22. The van der Waals surface area contributed by atoms with E-state index in [2.05, 4.69) is 13.8 Å². The van der Waals surface area contributed by atoms with E-state index in [4.69, 9.17) is 9.47 Å². The molecule has 0 saturated carbocycles. The van der Waals surface area contributed by atoms with E-state index in [0.29, 0.717) is 30.4 Å². The number of esters is 2. The van der Waals surface area contributed by atoms with Crippen molar-refractivity contribution in [2.24, 2.45) is 0 Å². The number of hydrogen-bond donors (Lipinski definition) is 0. The number of carbonyl (C=O) groups excluding carboxylic acids is 2. The fourth-order valence-corrected chi connectivity index (χ4v) is 3.52. The SMILES string of the molecule is CCCc1ccc(C(=O)OC(CC)CC(CC)OC(=O)c2ccc(CCC)cc2)cc1. The van der Waals surface area contributed by atoms with Crippen LogP contribution in [-0.4, -0.2) is 24.1 Å². The number of benzene rings is 2. The van der Waals surface area contributed by atoms with Gasteiger partial charge in [0.25, 0.3) is 0 Å². The third kappa shape index (κ3) is 7.86. The zero-order valence-electron chi connectivity index (χ0n) is 19.4. The summed E-state index contributed by atoms with van der Waals surface area (Å²) in [6, 6.07) is 15.2. The molecule has 2 rings (SSSR count). The molecule has 2 atom stereocenters. The molecule has 0 fully saturated rings. The van der Waals surface area contributed by atoms with Gasteiger partial charge in [-0.25, -0.2) is 9.59 Å². The Morgan fingerprint density at radius 3 is 1.29 bits per heavy atom. The van der Waals surface area contributed by atoms with Gasteiger partial charge in [0.05, 0.1) is 11.1 Å². The molecule has 0 amide bonds. The number of hydrogen-bond acceptors (Lipinski definition) is 4. The Morgan fingerprint density at radius 2 is 1.00 bits per heavy atom. The molecule has 0 spiro atoms. The second-order valence-electron chi connectivity index (χ2n) is 8.00. The molecule has 0 aromatic heterocycles. The highest BCUT2D eigenvalue weighted by molar-refractivity contribution is 5.90. The Morgan fingerprint density at radius 1 is 0.645 bits per heavy atom. The van der Waals surface area contributed by atoms with Crippen molar-refractivity contribution in [1.82, 2.24) is 0 Å². The molecular weight excluding hydrogens is 388 g/mol. The molecule has 31 heavy (non-hydrogen) atoms. The molecular formula is C27H36O4. The summed E-state index contributed by atoms with van der Waals surface area (Å²) in [5.41, 5.74) is 3.53. The van der Waals surface area contributed by atoms with Gasteiger partial charge in [-0.05, 0) is 61.1 Å². The van der Waals surface area contributed by atoms with E-state index in [1.807, 2.05) is 62.4 Å². The standard InChI is InChI=1S/C27H36O4/c1-5-9-20-11-15-22(16-12-20)26(28)30-24(7-3)19-25(8-4)31-27(29)23-17-13-21(10-6-2)14-18-23/h11-18,24-25H,5-10,19H2,1-4H3. The van der Waals surface area contributed by atoms with Crippen molar-refractivity contribution < 1.29 is 19.1 Å². The van der Waals surface area contributed by atoms with Gasteiger partial charge in [0.2, 0.25) is 0 Å². The summed E-state index contributed by atoms with van der Waals surface area (Å²) in [5.74, 6) is -0.662. The van der Waals surface area contributed by atoms with Crippen LogP contribution in [0.5, 0.6) is 0 Å². The lowest BCUT2D eigenvalue weighted by atomic mass is 10.1. The maximum Gasteiger partial charge on any atom is 0.338 e. The van der Waals surface area contributed by atoms with Crippen molar-refractivity contribution in [3.8, 4) is 0 Å². The van der Waals surface area contributed by atoms with E-state index in [9.17, 15) is 9.59 Å². The van der Waals surface area contributed by atoms with Crippen molar-refractivity contribution in [2.75, 3.05) is 0 Å². The fourth-order valence-electron chi connectivity index (χ4n) is 3.52. The van der Waals surface area contributed by atoms with E-state index in [1.54, 1.807) is 0 Å². The highest BCUT2D eigenvalue weighted by Crippen LogP contribution is 2.18. The van der Waals surface area contributed by atoms with E-state index in [1.165, 1.54) is 11.1 Å². The molecule has 0 saturated heterocycles. The zero-order valence-corrected chi connectivity index (χ0v) is 19.4. The summed E-state index contributed by atoms with van der Waals surface area (Å²) in [4.78, 5) is 25.1. The fraction of sp³-hybridized carbons (Fsp3) is 0.481. The first kappa shape index (κ1) is 24.6. The molecule has 0 aliphatic rings. The van der Waals surface area contributed by atoms with Gasteiger partial charge in [-0.2, -0.15) is 0 Å². The van der Waals surface area contributed by atoms with Crippen molar-refractivity contribution in [2.45, 2.75) is 84.8 Å². The van der Waals surface area contributed by atoms with Gasteiger partial charge >= 0.3 is 11.9 Å². The van der Waals surface area contributed by atoms with Gasteiger partial charge in [0.15, 0.2) is 0 Å². The average molecular weight is 425 g/mol. The molecule has 168 valence electrons. The van der Waals surface area contributed by atoms with Gasteiger partial charge in [-0.1, -0.05) is 64.8 Å². The minimum atomic E-state index is -0.331. The lowest BCUT2D eigenvalue weighted by Gasteiger charge is -2.22. The molecule has 0 radical (unpaired) electrons. The minimum Gasteiger partial charge on any atom is -0.459 e. The summed E-state index contributed by atoms with van der Waals surface area (Å²) in [5, 5.41) is 0. The Labute approximate surface area is 187 Å². The number of carbonyl (C=O) groups is 2. The largest absolute Gasteiger partial charge is 0.459 e. The normalized spacial score (nSPS) is 12.8. The zero-order chi connectivity index (χ0) is 22.6. The van der Waals surface area contributed by atoms with Crippen molar-refractivity contribution in [3.05, 3.63) is 70.8 Å². The van der Waals surface area contributed by atoms with Crippen LogP contribution in [0.2, 0.25) is 0 Å². The van der Waals surface area contributed by atoms with Crippen LogP contribution in [0.4, 0.5) is 0 Å². The Bertz CT molecular complexity index is 739. The minimum absolute atomic E-state index is 0.299. The van der Waals surface area contributed by atoms with Crippen LogP contribution in [0.3, 0.4) is 0 Å². The van der Waals surface area contributed by atoms with Crippen LogP contribution in [0.15, 0.2) is 48.5 Å². The molecule has 0 bridgehead atoms. The molecule has 0 aliphatic heterocycles. The van der Waals surface area contributed by atoms with Gasteiger partial charge < -0.3 is 9.47 Å². The van der Waals surface area contributed by atoms with Crippen LogP contribution in [-0.2, 0) is 22.3 Å². The summed E-state index contributed by atoms with van der Waals surface area (Å²) in [7, 11) is 0. The summed E-state index contributed by atoms with van der Waals surface area (Å²) >= 11 is 0. The third-order valence-electron chi connectivity index (χ3n) is 5.44. The van der Waals surface area contributed by atoms with E-state index in [-0.39, 0.29) is 24.1 Å². The van der Waals surface area contributed by atoms with Gasteiger partial charge in [-0.3, -0.25) is 0 Å². The van der Waals surface area contributed by atoms with E-state index in [0.717, 1.165) is 25.7 Å².